The van der Waals surface area contributed by atoms with Crippen LogP contribution in [0.3, 0.4) is 0 Å². The van der Waals surface area contributed by atoms with Crippen LogP contribution in [-0.2, 0) is 9.53 Å². The molecule has 182 valence electrons. The van der Waals surface area contributed by atoms with Crippen molar-refractivity contribution in [1.29, 1.82) is 0 Å². The van der Waals surface area contributed by atoms with E-state index in [4.69, 9.17) is 9.94 Å². The van der Waals surface area contributed by atoms with Crippen LogP contribution in [-0.4, -0.2) is 40.6 Å². The zero-order valence-electron chi connectivity index (χ0n) is 20.6. The van der Waals surface area contributed by atoms with Crippen LogP contribution < -0.4 is 0 Å². The molecule has 4 aliphatic rings. The lowest BCUT2D eigenvalue weighted by Crippen LogP contribution is -2.54. The number of carbonyl (C=O) groups excluding carboxylic acids is 1. The van der Waals surface area contributed by atoms with Crippen molar-refractivity contribution in [3.63, 3.8) is 0 Å². The first kappa shape index (κ1) is 23.5. The Balaban J connectivity index is 1.61. The molecule has 4 aliphatic carbocycles. The summed E-state index contributed by atoms with van der Waals surface area (Å²) in [6, 6.07) is 8.27. The van der Waals surface area contributed by atoms with E-state index < -0.39 is 5.60 Å². The van der Waals surface area contributed by atoms with Crippen molar-refractivity contribution in [3.05, 3.63) is 58.2 Å². The van der Waals surface area contributed by atoms with Crippen LogP contribution in [0.15, 0.2) is 52.2 Å². The average Bonchev–Trinajstić information content (AvgIpc) is 3.08. The van der Waals surface area contributed by atoms with E-state index in [1.165, 1.54) is 28.5 Å². The highest BCUT2D eigenvalue weighted by atomic mass is 16.5. The van der Waals surface area contributed by atoms with Gasteiger partial charge in [-0.2, -0.15) is 0 Å². The van der Waals surface area contributed by atoms with Crippen LogP contribution >= 0.6 is 0 Å². The number of benzene rings is 1. The highest BCUT2D eigenvalue weighted by Crippen LogP contribution is 2.66. The molecule has 2 saturated carbocycles. The molecule has 2 N–H and O–H groups in total. The summed E-state index contributed by atoms with van der Waals surface area (Å²) < 4.78 is 6.01. The van der Waals surface area contributed by atoms with Crippen LogP contribution in [0.1, 0.15) is 82.8 Å². The van der Waals surface area contributed by atoms with E-state index in [0.29, 0.717) is 24.9 Å². The second-order valence-electron chi connectivity index (χ2n) is 11.3. The fraction of sp³-hybridized carbons (Fsp3) is 0.586. The van der Waals surface area contributed by atoms with Crippen LogP contribution in [0, 0.1) is 17.3 Å². The number of ketones is 1. The number of rotatable bonds is 5. The van der Waals surface area contributed by atoms with E-state index in [0.717, 1.165) is 44.1 Å². The third kappa shape index (κ3) is 3.77. The van der Waals surface area contributed by atoms with Gasteiger partial charge in [0.1, 0.15) is 0 Å². The minimum Gasteiger partial charge on any atom is -0.411 e. The van der Waals surface area contributed by atoms with E-state index in [-0.39, 0.29) is 23.2 Å². The van der Waals surface area contributed by atoms with Crippen molar-refractivity contribution < 1.29 is 19.8 Å². The molecule has 0 amide bonds. The van der Waals surface area contributed by atoms with E-state index in [1.807, 2.05) is 32.1 Å². The molecule has 0 unspecified atom stereocenters. The topological polar surface area (TPSA) is 79.1 Å². The molecule has 0 radical (unpaired) electrons. The number of ether oxygens (including phenoxy) is 1. The Morgan fingerprint density at radius 1 is 1.18 bits per heavy atom. The molecule has 0 heterocycles. The van der Waals surface area contributed by atoms with Gasteiger partial charge in [-0.3, -0.25) is 4.79 Å². The summed E-state index contributed by atoms with van der Waals surface area (Å²) in [5.74, 6) is 1.30. The zero-order chi connectivity index (χ0) is 24.1. The summed E-state index contributed by atoms with van der Waals surface area (Å²) in [4.78, 5) is 12.2. The largest absolute Gasteiger partial charge is 0.411 e. The first-order chi connectivity index (χ1) is 16.3. The Morgan fingerprint density at radius 2 is 1.94 bits per heavy atom. The van der Waals surface area contributed by atoms with Crippen molar-refractivity contribution in [1.82, 2.24) is 0 Å². The highest BCUT2D eigenvalue weighted by molar-refractivity contribution is 5.93. The number of aliphatic hydroxyl groups is 1. The Morgan fingerprint density at radius 3 is 2.65 bits per heavy atom. The average molecular weight is 464 g/mol. The van der Waals surface area contributed by atoms with Crippen LogP contribution in [0.2, 0.25) is 0 Å². The number of nitrogens with zero attached hydrogens (tertiary/aromatic N) is 1. The molecular formula is C29H37NO4. The maximum absolute atomic E-state index is 12.2. The highest BCUT2D eigenvalue weighted by Gasteiger charge is 2.63. The molecule has 5 rings (SSSR count). The smallest absolute Gasteiger partial charge is 0.156 e. The van der Waals surface area contributed by atoms with Crippen LogP contribution in [0.5, 0.6) is 0 Å². The van der Waals surface area contributed by atoms with Crippen molar-refractivity contribution >= 4 is 12.0 Å². The Hall–Kier alpha value is -2.24. The predicted octanol–water partition coefficient (Wildman–Crippen LogP) is 5.55. The summed E-state index contributed by atoms with van der Waals surface area (Å²) in [7, 11) is 0. The molecule has 0 bridgehead atoms. The maximum Gasteiger partial charge on any atom is 0.156 e. The summed E-state index contributed by atoms with van der Waals surface area (Å²) in [6.45, 7) is 6.74. The quantitative estimate of drug-likeness (QED) is 0.341. The molecule has 1 aromatic carbocycles. The first-order valence-corrected chi connectivity index (χ1v) is 12.8. The minimum absolute atomic E-state index is 0.0895. The van der Waals surface area contributed by atoms with Crippen LogP contribution in [0.25, 0.3) is 0 Å². The van der Waals surface area contributed by atoms with Crippen molar-refractivity contribution in [2.24, 2.45) is 22.4 Å². The molecule has 0 aliphatic heterocycles. The monoisotopic (exact) mass is 463 g/mol. The molecule has 0 spiro atoms. The van der Waals surface area contributed by atoms with Gasteiger partial charge in [-0.1, -0.05) is 41.9 Å². The SMILES string of the molecule is CC(C)OC[C@]1(O)CC[C@H]2[C@@H]3CCC4=CC(=O)CCC4=C3[C@@H](c3ccc(C=NO)cc3)C[C@@]21C. The second-order valence-corrected chi connectivity index (χ2v) is 11.3. The van der Waals surface area contributed by atoms with Gasteiger partial charge in [-0.15, -0.1) is 0 Å². The van der Waals surface area contributed by atoms with Crippen molar-refractivity contribution in [2.45, 2.75) is 83.3 Å². The van der Waals surface area contributed by atoms with Crippen LogP contribution in [0.4, 0.5) is 0 Å². The molecular weight excluding hydrogens is 426 g/mol. The molecule has 5 nitrogen and oxygen atoms in total. The Kier molecular flexibility index (Phi) is 6.06. The second kappa shape index (κ2) is 8.76. The van der Waals surface area contributed by atoms with Gasteiger partial charge < -0.3 is 15.1 Å². The van der Waals surface area contributed by atoms with Crippen molar-refractivity contribution in [2.75, 3.05) is 6.61 Å². The van der Waals surface area contributed by atoms with Gasteiger partial charge in [-0.05, 0) is 92.6 Å². The minimum atomic E-state index is -0.835. The summed E-state index contributed by atoms with van der Waals surface area (Å²) in [5, 5.41) is 24.1. The van der Waals surface area contributed by atoms with Gasteiger partial charge in [0.2, 0.25) is 0 Å². The van der Waals surface area contributed by atoms with E-state index >= 15 is 0 Å². The molecule has 5 heteroatoms. The Labute approximate surface area is 202 Å². The summed E-state index contributed by atoms with van der Waals surface area (Å²) in [5.41, 5.74) is 5.20. The number of hydrogen-bond donors (Lipinski definition) is 2. The van der Waals surface area contributed by atoms with E-state index in [9.17, 15) is 9.90 Å². The van der Waals surface area contributed by atoms with Gasteiger partial charge >= 0.3 is 0 Å². The lowest BCUT2D eigenvalue weighted by atomic mass is 9.51. The van der Waals surface area contributed by atoms with E-state index in [1.54, 1.807) is 0 Å². The zero-order valence-corrected chi connectivity index (χ0v) is 20.6. The summed E-state index contributed by atoms with van der Waals surface area (Å²) >= 11 is 0. The number of hydrogen-bond acceptors (Lipinski definition) is 5. The number of allylic oxidation sites excluding steroid dienone is 4. The van der Waals surface area contributed by atoms with Gasteiger partial charge in [0.05, 0.1) is 24.5 Å². The predicted molar refractivity (Wildman–Crippen MR) is 132 cm³/mol. The molecule has 1 aromatic rings. The third-order valence-corrected chi connectivity index (χ3v) is 9.26. The normalized spacial score (nSPS) is 35.4. The van der Waals surface area contributed by atoms with E-state index in [2.05, 4.69) is 24.2 Å². The molecule has 5 atom stereocenters. The summed E-state index contributed by atoms with van der Waals surface area (Å²) in [6.07, 6.45) is 9.55. The molecule has 0 aromatic heterocycles. The number of oxime groups is 1. The standard InChI is InChI=1S/C29H37NO4/c1-18(2)34-17-29(32)13-12-26-24-10-8-21-14-22(31)9-11-23(21)27(24)25(15-28(26,29)3)20-6-4-19(5-7-20)16-30-33/h4-7,14,16,18,24-26,32-33H,8-13,15,17H2,1-3H3/t24-,25+,26-,28-,29+/m0/s1. The lowest BCUT2D eigenvalue weighted by molar-refractivity contribution is -0.143. The van der Waals surface area contributed by atoms with Gasteiger partial charge in [0.25, 0.3) is 0 Å². The molecule has 2 fully saturated rings. The fourth-order valence-corrected chi connectivity index (χ4v) is 7.48. The Bertz CT molecular complexity index is 1050. The molecule has 0 saturated heterocycles. The van der Waals surface area contributed by atoms with Gasteiger partial charge in [0, 0.05) is 17.8 Å². The fourth-order valence-electron chi connectivity index (χ4n) is 7.48. The number of fused-ring (bicyclic) bond motifs is 4. The van der Waals surface area contributed by atoms with Gasteiger partial charge in [0.15, 0.2) is 5.78 Å². The van der Waals surface area contributed by atoms with Crippen molar-refractivity contribution in [3.8, 4) is 0 Å². The first-order valence-electron chi connectivity index (χ1n) is 12.8. The molecule has 34 heavy (non-hydrogen) atoms. The maximum atomic E-state index is 12.2. The van der Waals surface area contributed by atoms with Gasteiger partial charge in [-0.25, -0.2) is 0 Å². The third-order valence-electron chi connectivity index (χ3n) is 9.26. The number of carbonyl (C=O) groups is 1. The lowest BCUT2D eigenvalue weighted by Gasteiger charge is -2.55.